The first-order valence-electron chi connectivity index (χ1n) is 5.51. The third-order valence-electron chi connectivity index (χ3n) is 2.92. The monoisotopic (exact) mass is 258 g/mol. The van der Waals surface area contributed by atoms with Gasteiger partial charge in [-0.25, -0.2) is 4.98 Å². The van der Waals surface area contributed by atoms with Crippen molar-refractivity contribution in [1.82, 2.24) is 15.2 Å². The van der Waals surface area contributed by atoms with Crippen molar-refractivity contribution in [3.05, 3.63) is 41.2 Å². The van der Waals surface area contributed by atoms with Crippen LogP contribution in [-0.2, 0) is 0 Å². The van der Waals surface area contributed by atoms with Gasteiger partial charge in [0.2, 0.25) is 0 Å². The Hall–Kier alpha value is -2.07. The number of H-pyrrole nitrogens is 1. The second-order valence-corrected chi connectivity index (χ2v) is 4.61. The van der Waals surface area contributed by atoms with E-state index in [4.69, 9.17) is 17.3 Å². The number of nitrogens with zero attached hydrogens (tertiary/aromatic N) is 2. The largest absolute Gasteiger partial charge is 0.398 e. The predicted molar refractivity (Wildman–Crippen MR) is 73.5 cm³/mol. The molecule has 0 aliphatic heterocycles. The van der Waals surface area contributed by atoms with Crippen LogP contribution in [0.2, 0.25) is 5.02 Å². The van der Waals surface area contributed by atoms with Gasteiger partial charge in [0.1, 0.15) is 0 Å². The third kappa shape index (κ3) is 1.71. The summed E-state index contributed by atoms with van der Waals surface area (Å²) in [6.07, 6.45) is 1.77. The molecule has 0 bridgehead atoms. The van der Waals surface area contributed by atoms with Gasteiger partial charge in [0.15, 0.2) is 5.65 Å². The van der Waals surface area contributed by atoms with Crippen LogP contribution in [0.1, 0.15) is 5.69 Å². The van der Waals surface area contributed by atoms with Crippen LogP contribution in [0.5, 0.6) is 0 Å². The number of rotatable bonds is 1. The highest BCUT2D eigenvalue weighted by Gasteiger charge is 2.08. The number of pyridine rings is 1. The molecule has 0 atom stereocenters. The van der Waals surface area contributed by atoms with Crippen LogP contribution >= 0.6 is 11.6 Å². The van der Waals surface area contributed by atoms with Crippen molar-refractivity contribution in [3.63, 3.8) is 0 Å². The maximum absolute atomic E-state index is 5.98. The number of nitrogens with two attached hydrogens (primary N) is 1. The third-order valence-corrected chi connectivity index (χ3v) is 3.16. The second-order valence-electron chi connectivity index (χ2n) is 4.18. The van der Waals surface area contributed by atoms with E-state index in [1.165, 1.54) is 0 Å². The summed E-state index contributed by atoms with van der Waals surface area (Å²) in [5.41, 5.74) is 10.2. The van der Waals surface area contributed by atoms with Crippen molar-refractivity contribution < 1.29 is 0 Å². The minimum absolute atomic E-state index is 0.629. The molecule has 0 amide bonds. The van der Waals surface area contributed by atoms with Crippen LogP contribution in [0.15, 0.2) is 30.5 Å². The number of aryl methyl sites for hydroxylation is 1. The van der Waals surface area contributed by atoms with Gasteiger partial charge in [-0.05, 0) is 25.1 Å². The quantitative estimate of drug-likeness (QED) is 0.659. The molecule has 3 N–H and O–H groups in total. The van der Waals surface area contributed by atoms with Gasteiger partial charge < -0.3 is 5.73 Å². The Kier molecular flexibility index (Phi) is 2.45. The number of benzene rings is 1. The molecule has 3 rings (SSSR count). The number of anilines is 1. The number of hydrogen-bond acceptors (Lipinski definition) is 3. The first kappa shape index (κ1) is 11.0. The minimum atomic E-state index is 0.629. The zero-order valence-corrected chi connectivity index (χ0v) is 10.5. The Morgan fingerprint density at radius 1 is 1.28 bits per heavy atom. The lowest BCUT2D eigenvalue weighted by molar-refractivity contribution is 1.05. The molecule has 0 radical (unpaired) electrons. The number of nitrogens with one attached hydrogen (secondary N) is 1. The van der Waals surface area contributed by atoms with Gasteiger partial charge in [0, 0.05) is 39.1 Å². The molecule has 1 aromatic carbocycles. The smallest absolute Gasteiger partial charge is 0.181 e. The summed E-state index contributed by atoms with van der Waals surface area (Å²) in [5, 5.41) is 8.65. The number of hydrogen-bond donors (Lipinski definition) is 2. The molecular weight excluding hydrogens is 248 g/mol. The summed E-state index contributed by atoms with van der Waals surface area (Å²) >= 11 is 5.90. The Morgan fingerprint density at radius 3 is 2.89 bits per heavy atom. The van der Waals surface area contributed by atoms with Crippen LogP contribution in [0, 0.1) is 6.92 Å². The molecule has 0 spiro atoms. The van der Waals surface area contributed by atoms with Gasteiger partial charge in [-0.3, -0.25) is 5.10 Å². The van der Waals surface area contributed by atoms with Crippen molar-refractivity contribution in [2.75, 3.05) is 5.73 Å². The Bertz CT molecular complexity index is 733. The molecule has 5 heteroatoms. The lowest BCUT2D eigenvalue weighted by atomic mass is 10.0. The molecule has 3 aromatic rings. The van der Waals surface area contributed by atoms with Crippen LogP contribution < -0.4 is 5.73 Å². The van der Waals surface area contributed by atoms with E-state index in [0.29, 0.717) is 16.4 Å². The first-order chi connectivity index (χ1) is 8.65. The maximum atomic E-state index is 5.98. The summed E-state index contributed by atoms with van der Waals surface area (Å²) in [4.78, 5) is 4.31. The normalized spacial score (nSPS) is 11.0. The fourth-order valence-corrected chi connectivity index (χ4v) is 2.14. The van der Waals surface area contributed by atoms with Gasteiger partial charge in [0.25, 0.3) is 0 Å². The summed E-state index contributed by atoms with van der Waals surface area (Å²) in [7, 11) is 0. The summed E-state index contributed by atoms with van der Waals surface area (Å²) in [5.74, 6) is 0. The lowest BCUT2D eigenvalue weighted by Crippen LogP contribution is -1.90. The number of aromatic amines is 1. The van der Waals surface area contributed by atoms with E-state index in [1.807, 2.05) is 25.1 Å². The van der Waals surface area contributed by atoms with E-state index in [9.17, 15) is 0 Å². The fraction of sp³-hybridized carbons (Fsp3) is 0.0769. The second kappa shape index (κ2) is 3.99. The van der Waals surface area contributed by atoms with E-state index in [0.717, 1.165) is 22.2 Å². The molecule has 2 heterocycles. The molecule has 0 saturated carbocycles. The highest BCUT2D eigenvalue weighted by atomic mass is 35.5. The lowest BCUT2D eigenvalue weighted by Gasteiger charge is -2.06. The average molecular weight is 259 g/mol. The average Bonchev–Trinajstić information content (AvgIpc) is 2.71. The van der Waals surface area contributed by atoms with Gasteiger partial charge >= 0.3 is 0 Å². The van der Waals surface area contributed by atoms with E-state index in [2.05, 4.69) is 15.2 Å². The number of aromatic nitrogens is 3. The molecule has 2 aromatic heterocycles. The van der Waals surface area contributed by atoms with Gasteiger partial charge in [0.05, 0.1) is 0 Å². The van der Waals surface area contributed by atoms with E-state index >= 15 is 0 Å². The Morgan fingerprint density at radius 2 is 2.11 bits per heavy atom. The molecule has 0 aliphatic rings. The molecular formula is C13H11ClN4. The van der Waals surface area contributed by atoms with Crippen molar-refractivity contribution in [2.24, 2.45) is 0 Å². The molecule has 90 valence electrons. The number of nitrogen functional groups attached to an aromatic ring is 1. The zero-order valence-electron chi connectivity index (χ0n) is 9.74. The Balaban J connectivity index is 2.21. The molecule has 0 saturated heterocycles. The van der Waals surface area contributed by atoms with Crippen LogP contribution in [0.25, 0.3) is 22.2 Å². The van der Waals surface area contributed by atoms with E-state index < -0.39 is 0 Å². The van der Waals surface area contributed by atoms with Gasteiger partial charge in [-0.15, -0.1) is 0 Å². The van der Waals surface area contributed by atoms with Crippen molar-refractivity contribution in [1.29, 1.82) is 0 Å². The summed E-state index contributed by atoms with van der Waals surface area (Å²) in [6.45, 7) is 1.96. The fourth-order valence-electron chi connectivity index (χ4n) is 1.96. The SMILES string of the molecule is Cc1[nH]nc2ncc(-c3ccc(Cl)cc3N)cc12. The number of halogens is 1. The molecule has 0 aliphatic carbocycles. The molecule has 4 nitrogen and oxygen atoms in total. The molecule has 0 fully saturated rings. The number of fused-ring (bicyclic) bond motifs is 1. The van der Waals surface area contributed by atoms with E-state index in [-0.39, 0.29) is 0 Å². The predicted octanol–water partition coefficient (Wildman–Crippen LogP) is 3.17. The molecule has 0 unspecified atom stereocenters. The van der Waals surface area contributed by atoms with Gasteiger partial charge in [-0.2, -0.15) is 5.10 Å². The first-order valence-corrected chi connectivity index (χ1v) is 5.89. The Labute approximate surface area is 109 Å². The summed E-state index contributed by atoms with van der Waals surface area (Å²) < 4.78 is 0. The zero-order chi connectivity index (χ0) is 12.7. The topological polar surface area (TPSA) is 67.6 Å². The highest BCUT2D eigenvalue weighted by molar-refractivity contribution is 6.31. The highest BCUT2D eigenvalue weighted by Crippen LogP contribution is 2.29. The summed E-state index contributed by atoms with van der Waals surface area (Å²) in [6, 6.07) is 7.49. The van der Waals surface area contributed by atoms with Crippen molar-refractivity contribution in [3.8, 4) is 11.1 Å². The van der Waals surface area contributed by atoms with Crippen LogP contribution in [-0.4, -0.2) is 15.2 Å². The standard InChI is InChI=1S/C13H11ClN4/c1-7-11-4-8(6-16-13(11)18-17-7)10-3-2-9(14)5-12(10)15/h2-6H,15H2,1H3,(H,16,17,18). The van der Waals surface area contributed by atoms with Crippen LogP contribution in [0.4, 0.5) is 5.69 Å². The molecule has 18 heavy (non-hydrogen) atoms. The van der Waals surface area contributed by atoms with Gasteiger partial charge in [-0.1, -0.05) is 17.7 Å². The van der Waals surface area contributed by atoms with Crippen molar-refractivity contribution >= 4 is 28.3 Å². The van der Waals surface area contributed by atoms with Crippen LogP contribution in [0.3, 0.4) is 0 Å². The maximum Gasteiger partial charge on any atom is 0.181 e. The van der Waals surface area contributed by atoms with E-state index in [1.54, 1.807) is 12.3 Å². The minimum Gasteiger partial charge on any atom is -0.398 e. The van der Waals surface area contributed by atoms with Crippen molar-refractivity contribution in [2.45, 2.75) is 6.92 Å².